The van der Waals surface area contributed by atoms with Crippen molar-refractivity contribution >= 4 is 127 Å². The number of nitrogens with two attached hydrogens (primary N) is 3. The Kier molecular flexibility index (Phi) is 33.6. The van der Waals surface area contributed by atoms with Gasteiger partial charge in [-0.2, -0.15) is 0 Å². The molecule has 5 heterocycles. The van der Waals surface area contributed by atoms with E-state index >= 15 is 19.2 Å². The summed E-state index contributed by atoms with van der Waals surface area (Å²) in [7, 11) is 1.83. The minimum Gasteiger partial charge on any atom is -0.481 e. The lowest BCUT2D eigenvalue weighted by molar-refractivity contribution is -0.148. The molecule has 0 aromatic heterocycles. The number of fused-ring (bicyclic) bond motifs is 9. The quantitative estimate of drug-likeness (QED) is 0.0221. The molecule has 14 amide bonds. The fourth-order valence-electron chi connectivity index (χ4n) is 13.8. The number of aliphatic carboxylic acids is 1. The number of guanidine groups is 1. The number of carbonyl (C=O) groups excluding carboxylic acids is 14. The average Bonchev–Trinajstić information content (AvgIpc) is 1.70. The monoisotopic (exact) mass is 1560 g/mol. The summed E-state index contributed by atoms with van der Waals surface area (Å²) in [6, 6.07) is -7.04. The van der Waals surface area contributed by atoms with Crippen LogP contribution in [-0.2, 0) is 78.3 Å². The zero-order valence-corrected chi connectivity index (χ0v) is 63.7. The lowest BCUT2D eigenvalue weighted by atomic mass is 9.99. The van der Waals surface area contributed by atoms with Crippen molar-refractivity contribution in [2.45, 2.75) is 216 Å². The summed E-state index contributed by atoms with van der Waals surface area (Å²) in [6.45, 7) is 6.38. The first-order chi connectivity index (χ1) is 51.9. The van der Waals surface area contributed by atoms with Crippen molar-refractivity contribution in [1.82, 2.24) is 73.2 Å². The Bertz CT molecular complexity index is 3660. The number of nitrogens with one attached hydrogen (secondary N) is 11. The second-order valence-electron chi connectivity index (χ2n) is 28.9. The number of carbonyl (C=O) groups is 15. The molecule has 0 spiro atoms. The van der Waals surface area contributed by atoms with Crippen molar-refractivity contribution in [2.24, 2.45) is 34.0 Å². The van der Waals surface area contributed by atoms with Gasteiger partial charge in [-0.1, -0.05) is 91.7 Å². The summed E-state index contributed by atoms with van der Waals surface area (Å²) in [5.74, 6) is -16.5. The fourth-order valence-corrected chi connectivity index (χ4v) is 16.1. The van der Waals surface area contributed by atoms with Crippen molar-refractivity contribution in [3.8, 4) is 0 Å². The van der Waals surface area contributed by atoms with E-state index < -0.39 is 199 Å². The van der Waals surface area contributed by atoms with Gasteiger partial charge in [-0.3, -0.25) is 87.5 Å². The predicted octanol–water partition coefficient (Wildman–Crippen LogP) is -4.15. The molecule has 2 aromatic rings. The summed E-state index contributed by atoms with van der Waals surface area (Å²) in [6.07, 6.45) is -1.71. The molecule has 0 radical (unpaired) electrons. The Balaban J connectivity index is 1.37. The summed E-state index contributed by atoms with van der Waals surface area (Å²) in [4.78, 5) is 226. The van der Waals surface area contributed by atoms with Gasteiger partial charge in [0.05, 0.1) is 37.8 Å². The van der Waals surface area contributed by atoms with Crippen LogP contribution < -0.4 is 75.7 Å². The molecular weight excluding hydrogens is 1460 g/mol. The summed E-state index contributed by atoms with van der Waals surface area (Å²) in [5, 5.41) is 61.9. The highest BCUT2D eigenvalue weighted by molar-refractivity contribution is 8.76. The predicted molar refractivity (Wildman–Crippen MR) is 402 cm³/mol. The SMILES string of the molecule is CC(C)C[C@@H]1NC(=O)[C@H](CO)NC(=O)[C@H](CCCCN)NC(=O)[C@H]([C@@H](C)O)NC(=O)[C@@H]2CSSC[C@H](N[C@@H](Cc3ccc4ccccc4c3)C(=O)N3CCC[C@H]3C(=O)N[C@@H](CC(=O)O)C(=O)NCC(=O)N[C@@H](CCCN=C(N)N)C(=O)N2)C(=O)N[C@@H](CC(C)C)C(=O)N2CCC[C@H]2C(=O)N2CCC[C@H]2C(=O)NC1=O. The molecule has 7 rings (SSSR count). The standard InChI is InChI=1S/C71H106N18O18S2/c1-37(2)28-45-61(98)86-66(103)53-19-12-26-88(53)70(107)54-20-13-27-89(54)68(105)47(29-38(3)4)82-63(100)50-35-108-109-36-51(64(101)85-57(39(5)91)67(104)79-44(16-8-9-23-72)60(97)83-49(34-90)62(99)80-45)84-59(96)43(17-10-24-75-71(73)74)78-55(92)33-76-58(95)46(32-56(93)94)81-65(102)52-18-11-25-87(52)69(106)48(77-50)31-40-21-22-41-14-6-7-15-42(41)30-40/h6-7,14-15,21-22,30,37-39,43-54,57,77,90-91H,8-13,16-20,23-29,31-36,72H2,1-5H3,(H,76,95)(H,78,92)(H,79,104)(H,80,99)(H,81,102)(H,82,100)(H,83,97)(H,84,96)(H,85,101)(H,93,94)(H4,73,74,75)(H,86,98,103)/t39-,43+,44+,45+,46+,47+,48+,49+,50+,51+,52+,53+,54+,57+/m1/s1. The second-order valence-corrected chi connectivity index (χ2v) is 31.4. The van der Waals surface area contributed by atoms with Gasteiger partial charge < -0.3 is 95.1 Å². The van der Waals surface area contributed by atoms with E-state index in [0.29, 0.717) is 24.8 Å². The number of unbranched alkanes of at least 4 members (excludes halogenated alkanes) is 1. The van der Waals surface area contributed by atoms with Gasteiger partial charge >= 0.3 is 5.97 Å². The van der Waals surface area contributed by atoms with Crippen molar-refractivity contribution in [1.29, 1.82) is 0 Å². The minimum atomic E-state index is -1.94. The molecule has 0 aliphatic carbocycles. The van der Waals surface area contributed by atoms with Crippen LogP contribution in [0.15, 0.2) is 47.5 Å². The van der Waals surface area contributed by atoms with Gasteiger partial charge in [-0.15, -0.1) is 0 Å². The Morgan fingerprint density at radius 1 is 0.541 bits per heavy atom. The van der Waals surface area contributed by atoms with Crippen LogP contribution in [0.5, 0.6) is 0 Å². The molecular formula is C71H106N18O18S2. The molecule has 5 aliphatic heterocycles. The first-order valence-electron chi connectivity index (χ1n) is 37.1. The van der Waals surface area contributed by atoms with E-state index in [1.165, 1.54) is 14.7 Å². The number of hydrogen-bond donors (Lipinski definition) is 17. The molecule has 36 nitrogen and oxygen atoms in total. The molecule has 0 unspecified atom stereocenters. The minimum absolute atomic E-state index is 0.00117. The fraction of sp³-hybridized carbons (Fsp3) is 0.634. The molecule has 2 aromatic carbocycles. The van der Waals surface area contributed by atoms with Crippen LogP contribution in [0.25, 0.3) is 10.8 Å². The largest absolute Gasteiger partial charge is 0.481 e. The first kappa shape index (κ1) is 87.0. The number of benzene rings is 2. The Labute approximate surface area is 639 Å². The van der Waals surface area contributed by atoms with Crippen LogP contribution in [-0.4, -0.2) is 267 Å². The number of aliphatic hydroxyl groups is 2. The Hall–Kier alpha value is -9.24. The normalized spacial score (nSPS) is 27.5. The van der Waals surface area contributed by atoms with Crippen LogP contribution in [0.3, 0.4) is 0 Å². The first-order valence-corrected chi connectivity index (χ1v) is 39.6. The van der Waals surface area contributed by atoms with Crippen LogP contribution in [0, 0.1) is 11.8 Å². The molecule has 14 atom stereocenters. The lowest BCUT2D eigenvalue weighted by Gasteiger charge is -2.34. The van der Waals surface area contributed by atoms with Crippen LogP contribution in [0.2, 0.25) is 0 Å². The third-order valence-corrected chi connectivity index (χ3v) is 21.8. The number of imide groups is 1. The maximum absolute atomic E-state index is 15.7. The maximum Gasteiger partial charge on any atom is 0.305 e. The van der Waals surface area contributed by atoms with Crippen LogP contribution in [0.4, 0.5) is 0 Å². The van der Waals surface area contributed by atoms with E-state index in [9.17, 15) is 68.1 Å². The van der Waals surface area contributed by atoms with E-state index in [2.05, 4.69) is 63.5 Å². The van der Waals surface area contributed by atoms with Gasteiger partial charge in [0.2, 0.25) is 82.7 Å². The highest BCUT2D eigenvalue weighted by atomic mass is 33.1. The number of carboxylic acid groups (broad SMARTS) is 1. The molecule has 5 fully saturated rings. The molecule has 38 heteroatoms. The van der Waals surface area contributed by atoms with Crippen molar-refractivity contribution in [2.75, 3.05) is 57.4 Å². The number of amides is 14. The van der Waals surface area contributed by atoms with Gasteiger partial charge in [0.15, 0.2) is 5.96 Å². The molecule has 20 N–H and O–H groups in total. The van der Waals surface area contributed by atoms with E-state index in [4.69, 9.17) is 17.2 Å². The summed E-state index contributed by atoms with van der Waals surface area (Å²) < 4.78 is 0. The number of aliphatic imine (C=N–C) groups is 1. The van der Waals surface area contributed by atoms with Gasteiger partial charge in [0.25, 0.3) is 0 Å². The number of carboxylic acids is 1. The van der Waals surface area contributed by atoms with Crippen molar-refractivity contribution < 1.29 is 87.2 Å². The average molecular weight is 1560 g/mol. The van der Waals surface area contributed by atoms with E-state index in [1.54, 1.807) is 33.8 Å². The number of hydrogen-bond acceptors (Lipinski definition) is 22. The topological polar surface area (TPSA) is 549 Å². The number of rotatable bonds is 18. The zero-order chi connectivity index (χ0) is 79.8. The van der Waals surface area contributed by atoms with E-state index in [1.807, 2.05) is 36.4 Å². The summed E-state index contributed by atoms with van der Waals surface area (Å²) >= 11 is 0. The molecule has 5 saturated heterocycles. The van der Waals surface area contributed by atoms with Crippen molar-refractivity contribution in [3.63, 3.8) is 0 Å². The van der Waals surface area contributed by atoms with E-state index in [-0.39, 0.29) is 127 Å². The second kappa shape index (κ2) is 42.1. The molecule has 2 bridgehead atoms. The van der Waals surface area contributed by atoms with Gasteiger partial charge in [0.1, 0.15) is 66.5 Å². The van der Waals surface area contributed by atoms with Gasteiger partial charge in [-0.05, 0) is 132 Å². The molecule has 600 valence electrons. The highest BCUT2D eigenvalue weighted by Crippen LogP contribution is 2.30. The molecule has 5 aliphatic rings. The number of nitrogens with zero attached hydrogens (tertiary/aromatic N) is 4. The van der Waals surface area contributed by atoms with Gasteiger partial charge in [0, 0.05) is 37.7 Å². The highest BCUT2D eigenvalue weighted by Gasteiger charge is 2.47. The number of aliphatic hydroxyl groups excluding tert-OH is 2. The smallest absolute Gasteiger partial charge is 0.305 e. The van der Waals surface area contributed by atoms with Crippen molar-refractivity contribution in [3.05, 3.63) is 48.0 Å². The Morgan fingerprint density at radius 2 is 1.07 bits per heavy atom. The maximum atomic E-state index is 15.7. The molecule has 109 heavy (non-hydrogen) atoms. The lowest BCUT2D eigenvalue weighted by Crippen LogP contribution is -2.62. The zero-order valence-electron chi connectivity index (χ0n) is 62.1. The third kappa shape index (κ3) is 25.4. The Morgan fingerprint density at radius 3 is 1.71 bits per heavy atom. The molecule has 0 saturated carbocycles. The van der Waals surface area contributed by atoms with Crippen LogP contribution in [0.1, 0.15) is 130 Å². The van der Waals surface area contributed by atoms with E-state index in [0.717, 1.165) is 39.3 Å². The summed E-state index contributed by atoms with van der Waals surface area (Å²) in [5.41, 5.74) is 17.6. The third-order valence-electron chi connectivity index (χ3n) is 19.4. The van der Waals surface area contributed by atoms with Gasteiger partial charge in [-0.25, -0.2) is 0 Å². The van der Waals surface area contributed by atoms with Crippen LogP contribution >= 0.6 is 21.6 Å².